The number of fused-ring (bicyclic) bond motifs is 1. The molecule has 0 unspecified atom stereocenters. The second kappa shape index (κ2) is 4.05. The van der Waals surface area contributed by atoms with Crippen LogP contribution < -0.4 is 5.46 Å². The average molecular weight is 276 g/mol. The molecule has 1 aromatic carbocycles. The molecule has 0 amide bonds. The van der Waals surface area contributed by atoms with E-state index >= 15 is 0 Å². The van der Waals surface area contributed by atoms with Crippen molar-refractivity contribution in [2.75, 3.05) is 0 Å². The lowest BCUT2D eigenvalue weighted by Gasteiger charge is -2.32. The van der Waals surface area contributed by atoms with E-state index in [0.717, 1.165) is 11.1 Å². The summed E-state index contributed by atoms with van der Waals surface area (Å²) in [5.74, 6) is -0.333. The van der Waals surface area contributed by atoms with Crippen LogP contribution in [0.4, 0.5) is 4.39 Å². The van der Waals surface area contributed by atoms with Gasteiger partial charge in [0.05, 0.1) is 16.7 Å². The van der Waals surface area contributed by atoms with Crippen LogP contribution in [0.25, 0.3) is 10.9 Å². The van der Waals surface area contributed by atoms with Crippen LogP contribution in [-0.4, -0.2) is 28.5 Å². The van der Waals surface area contributed by atoms with Gasteiger partial charge in [0, 0.05) is 16.5 Å². The molecular formula is C14H18BFN2O2. The molecule has 1 aliphatic rings. The molecule has 20 heavy (non-hydrogen) atoms. The maximum Gasteiger partial charge on any atom is 0.497 e. The lowest BCUT2D eigenvalue weighted by molar-refractivity contribution is 0.00578. The van der Waals surface area contributed by atoms with E-state index in [9.17, 15) is 4.39 Å². The summed E-state index contributed by atoms with van der Waals surface area (Å²) in [5, 5.41) is 7.80. The van der Waals surface area contributed by atoms with Crippen LogP contribution in [0.2, 0.25) is 0 Å². The van der Waals surface area contributed by atoms with Gasteiger partial charge in [-0.25, -0.2) is 4.39 Å². The van der Waals surface area contributed by atoms with Gasteiger partial charge < -0.3 is 9.31 Å². The van der Waals surface area contributed by atoms with E-state index in [0.29, 0.717) is 11.0 Å². The van der Waals surface area contributed by atoms with Gasteiger partial charge in [-0.15, -0.1) is 0 Å². The topological polar surface area (TPSA) is 47.1 Å². The first-order valence-electron chi connectivity index (χ1n) is 6.71. The smallest absolute Gasteiger partial charge is 0.399 e. The standard InChI is InChI=1S/C14H18BFN2O2/c1-8-9-6-11(16)10(7-12(9)18-17-8)15-19-13(2,3)14(4,5)20-15/h6-7H,1-5H3,(H,17,18). The van der Waals surface area contributed by atoms with Crippen LogP contribution in [0.1, 0.15) is 33.4 Å². The van der Waals surface area contributed by atoms with Crippen LogP contribution in [0, 0.1) is 12.7 Å². The maximum atomic E-state index is 14.3. The number of rotatable bonds is 1. The molecule has 6 heteroatoms. The highest BCUT2D eigenvalue weighted by Gasteiger charge is 2.52. The summed E-state index contributed by atoms with van der Waals surface area (Å²) in [6.07, 6.45) is 0. The van der Waals surface area contributed by atoms with E-state index in [1.165, 1.54) is 6.07 Å². The molecule has 3 rings (SSSR count). The molecule has 2 heterocycles. The zero-order valence-electron chi connectivity index (χ0n) is 12.4. The summed E-state index contributed by atoms with van der Waals surface area (Å²) >= 11 is 0. The van der Waals surface area contributed by atoms with Gasteiger partial charge in [0.2, 0.25) is 0 Å². The maximum absolute atomic E-state index is 14.3. The van der Waals surface area contributed by atoms with E-state index in [4.69, 9.17) is 9.31 Å². The van der Waals surface area contributed by atoms with Crippen molar-refractivity contribution in [1.82, 2.24) is 10.2 Å². The number of hydrogen-bond donors (Lipinski definition) is 1. The normalized spacial score (nSPS) is 20.8. The number of hydrogen-bond acceptors (Lipinski definition) is 3. The first-order valence-corrected chi connectivity index (χ1v) is 6.71. The largest absolute Gasteiger partial charge is 0.497 e. The Hall–Kier alpha value is -1.40. The first-order chi connectivity index (χ1) is 9.21. The van der Waals surface area contributed by atoms with E-state index in [-0.39, 0.29) is 5.82 Å². The molecule has 1 saturated heterocycles. The lowest BCUT2D eigenvalue weighted by Crippen LogP contribution is -2.41. The minimum absolute atomic E-state index is 0.333. The van der Waals surface area contributed by atoms with Gasteiger partial charge in [0.25, 0.3) is 0 Å². The Kier molecular flexibility index (Phi) is 2.75. The van der Waals surface area contributed by atoms with Crippen LogP contribution in [0.15, 0.2) is 12.1 Å². The number of H-pyrrole nitrogens is 1. The first kappa shape index (κ1) is 13.6. The number of halogens is 1. The van der Waals surface area contributed by atoms with Crippen molar-refractivity contribution in [3.8, 4) is 0 Å². The van der Waals surface area contributed by atoms with E-state index < -0.39 is 18.3 Å². The Labute approximate surface area is 117 Å². The Bertz CT molecular complexity index is 665. The summed E-state index contributed by atoms with van der Waals surface area (Å²) in [7, 11) is -0.707. The Morgan fingerprint density at radius 1 is 1.15 bits per heavy atom. The molecule has 0 spiro atoms. The monoisotopic (exact) mass is 276 g/mol. The average Bonchev–Trinajstić information content (AvgIpc) is 2.77. The van der Waals surface area contributed by atoms with Crippen LogP contribution in [-0.2, 0) is 9.31 Å². The predicted octanol–water partition coefficient (Wildman–Crippen LogP) is 2.31. The van der Waals surface area contributed by atoms with Gasteiger partial charge in [0.1, 0.15) is 5.82 Å². The number of nitrogens with zero attached hydrogens (tertiary/aromatic N) is 1. The van der Waals surface area contributed by atoms with Crippen molar-refractivity contribution in [3.05, 3.63) is 23.6 Å². The van der Waals surface area contributed by atoms with E-state index in [1.54, 1.807) is 6.07 Å². The third-order valence-corrected chi connectivity index (χ3v) is 4.37. The molecule has 1 fully saturated rings. The van der Waals surface area contributed by atoms with Crippen LogP contribution in [0.3, 0.4) is 0 Å². The van der Waals surface area contributed by atoms with Gasteiger partial charge >= 0.3 is 7.12 Å². The highest BCUT2D eigenvalue weighted by Crippen LogP contribution is 2.36. The van der Waals surface area contributed by atoms with Crippen molar-refractivity contribution in [2.45, 2.75) is 45.8 Å². The molecule has 2 aromatic rings. The summed E-state index contributed by atoms with van der Waals surface area (Å²) in [6, 6.07) is 3.17. The highest BCUT2D eigenvalue weighted by molar-refractivity contribution is 6.62. The van der Waals surface area contributed by atoms with Crippen molar-refractivity contribution in [2.24, 2.45) is 0 Å². The molecule has 1 aliphatic heterocycles. The SMILES string of the molecule is Cc1[nH]nc2cc(B3OC(C)(C)C(C)(C)O3)c(F)cc12. The second-order valence-corrected chi connectivity index (χ2v) is 6.33. The van der Waals surface area contributed by atoms with Crippen LogP contribution in [0.5, 0.6) is 0 Å². The molecule has 106 valence electrons. The molecule has 1 N–H and O–H groups in total. The third-order valence-electron chi connectivity index (χ3n) is 4.37. The Balaban J connectivity index is 2.05. The van der Waals surface area contributed by atoms with Gasteiger partial charge in [-0.3, -0.25) is 5.10 Å². The Morgan fingerprint density at radius 2 is 1.75 bits per heavy atom. The summed E-state index contributed by atoms with van der Waals surface area (Å²) in [5.41, 5.74) is 0.983. The molecule has 0 aliphatic carbocycles. The van der Waals surface area contributed by atoms with Gasteiger partial charge in [-0.2, -0.15) is 5.10 Å². The zero-order chi connectivity index (χ0) is 14.7. The minimum atomic E-state index is -0.707. The van der Waals surface area contributed by atoms with Gasteiger partial charge in [0.15, 0.2) is 0 Å². The molecular weight excluding hydrogens is 258 g/mol. The van der Waals surface area contributed by atoms with Crippen molar-refractivity contribution in [1.29, 1.82) is 0 Å². The number of aryl methyl sites for hydroxylation is 1. The third kappa shape index (κ3) is 1.86. The summed E-state index contributed by atoms with van der Waals surface area (Å²) in [4.78, 5) is 0. The number of nitrogens with one attached hydrogen (secondary N) is 1. The minimum Gasteiger partial charge on any atom is -0.399 e. The van der Waals surface area contributed by atoms with Crippen molar-refractivity contribution < 1.29 is 13.7 Å². The van der Waals surface area contributed by atoms with Crippen molar-refractivity contribution in [3.63, 3.8) is 0 Å². The summed E-state index contributed by atoms with van der Waals surface area (Å²) in [6.45, 7) is 9.65. The second-order valence-electron chi connectivity index (χ2n) is 6.33. The van der Waals surface area contributed by atoms with Crippen molar-refractivity contribution >= 4 is 23.5 Å². The van der Waals surface area contributed by atoms with E-state index in [1.807, 2.05) is 34.6 Å². The molecule has 4 nitrogen and oxygen atoms in total. The fraction of sp³-hybridized carbons (Fsp3) is 0.500. The number of aromatic amines is 1. The zero-order valence-corrected chi connectivity index (χ0v) is 12.4. The number of benzene rings is 1. The Morgan fingerprint density at radius 3 is 2.35 bits per heavy atom. The highest BCUT2D eigenvalue weighted by atomic mass is 19.1. The molecule has 0 saturated carbocycles. The molecule has 0 atom stereocenters. The number of aromatic nitrogens is 2. The predicted molar refractivity (Wildman–Crippen MR) is 76.5 cm³/mol. The lowest BCUT2D eigenvalue weighted by atomic mass is 9.78. The quantitative estimate of drug-likeness (QED) is 0.813. The van der Waals surface area contributed by atoms with Crippen LogP contribution >= 0.6 is 0 Å². The molecule has 1 aromatic heterocycles. The van der Waals surface area contributed by atoms with Gasteiger partial charge in [-0.05, 0) is 46.8 Å². The van der Waals surface area contributed by atoms with E-state index in [2.05, 4.69) is 10.2 Å². The molecule has 0 radical (unpaired) electrons. The molecule has 0 bridgehead atoms. The fourth-order valence-corrected chi connectivity index (χ4v) is 2.33. The summed E-state index contributed by atoms with van der Waals surface area (Å²) < 4.78 is 26.1. The van der Waals surface area contributed by atoms with Gasteiger partial charge in [-0.1, -0.05) is 0 Å². The fourth-order valence-electron chi connectivity index (χ4n) is 2.33.